The molecular formula is C12H20N2O4S. The van der Waals surface area contributed by atoms with Gasteiger partial charge in [-0.15, -0.1) is 11.3 Å². The number of anilines is 1. The second-order valence-corrected chi connectivity index (χ2v) is 5.61. The molecule has 0 radical (unpaired) electrons. The monoisotopic (exact) mass is 288 g/mol. The van der Waals surface area contributed by atoms with Gasteiger partial charge in [0.2, 0.25) is 0 Å². The van der Waals surface area contributed by atoms with Gasteiger partial charge < -0.3 is 14.7 Å². The normalized spacial score (nSPS) is 12.7. The maximum absolute atomic E-state index is 11.1. The third kappa shape index (κ3) is 3.89. The largest absolute Gasteiger partial charge is 0.388 e. The fourth-order valence-corrected chi connectivity index (χ4v) is 2.94. The van der Waals surface area contributed by atoms with Crippen molar-refractivity contribution in [1.82, 2.24) is 0 Å². The van der Waals surface area contributed by atoms with Crippen molar-refractivity contribution >= 4 is 22.0 Å². The van der Waals surface area contributed by atoms with Gasteiger partial charge >= 0.3 is 5.69 Å². The average molecular weight is 288 g/mol. The Morgan fingerprint density at radius 2 is 2.16 bits per heavy atom. The van der Waals surface area contributed by atoms with E-state index < -0.39 is 11.0 Å². The fourth-order valence-electron chi connectivity index (χ4n) is 1.72. The highest BCUT2D eigenvalue weighted by molar-refractivity contribution is 7.16. The first-order valence-corrected chi connectivity index (χ1v) is 6.91. The molecule has 0 saturated heterocycles. The minimum Gasteiger partial charge on any atom is -0.388 e. The van der Waals surface area contributed by atoms with Crippen molar-refractivity contribution in [3.8, 4) is 0 Å². The molecule has 0 unspecified atom stereocenters. The van der Waals surface area contributed by atoms with Crippen molar-refractivity contribution in [2.75, 3.05) is 25.2 Å². The van der Waals surface area contributed by atoms with Crippen LogP contribution in [-0.2, 0) is 4.74 Å². The van der Waals surface area contributed by atoms with Gasteiger partial charge in [-0.2, -0.15) is 0 Å². The molecule has 0 aromatic carbocycles. The van der Waals surface area contributed by atoms with Gasteiger partial charge in [0.15, 0.2) is 5.00 Å². The van der Waals surface area contributed by atoms with Gasteiger partial charge in [-0.05, 0) is 20.8 Å². The lowest BCUT2D eigenvalue weighted by atomic mass is 10.3. The van der Waals surface area contributed by atoms with Crippen LogP contribution in [0.5, 0.6) is 0 Å². The van der Waals surface area contributed by atoms with E-state index in [1.165, 1.54) is 17.4 Å². The van der Waals surface area contributed by atoms with Crippen LogP contribution in [0.2, 0.25) is 0 Å². The molecule has 0 fully saturated rings. The van der Waals surface area contributed by atoms with Crippen LogP contribution in [0.25, 0.3) is 0 Å². The Morgan fingerprint density at radius 1 is 1.53 bits per heavy atom. The Kier molecular flexibility index (Phi) is 5.71. The number of nitro groups is 1. The Balaban J connectivity index is 3.16. The standard InChI is InChI=1S/C12H20N2O4S/c1-8(2)13(5-6-18-4)12-10(14(16)17)7-11(19-12)9(3)15/h7-9,15H,5-6H2,1-4H3/t9-/m0/s1. The van der Waals surface area contributed by atoms with Crippen LogP contribution in [0.1, 0.15) is 31.8 Å². The van der Waals surface area contributed by atoms with Gasteiger partial charge in [-0.3, -0.25) is 10.1 Å². The summed E-state index contributed by atoms with van der Waals surface area (Å²) in [5.41, 5.74) is 0.0469. The smallest absolute Gasteiger partial charge is 0.304 e. The molecule has 0 spiro atoms. The summed E-state index contributed by atoms with van der Waals surface area (Å²) in [5, 5.41) is 21.3. The molecule has 0 amide bonds. The van der Waals surface area contributed by atoms with Gasteiger partial charge in [-0.1, -0.05) is 0 Å². The minimum absolute atomic E-state index is 0.0469. The second kappa shape index (κ2) is 6.83. The second-order valence-electron chi connectivity index (χ2n) is 4.55. The van der Waals surface area contributed by atoms with Gasteiger partial charge in [0.05, 0.1) is 17.6 Å². The van der Waals surface area contributed by atoms with Crippen molar-refractivity contribution in [1.29, 1.82) is 0 Å². The van der Waals surface area contributed by atoms with E-state index in [2.05, 4.69) is 0 Å². The van der Waals surface area contributed by atoms with E-state index in [1.54, 1.807) is 14.0 Å². The summed E-state index contributed by atoms with van der Waals surface area (Å²) in [4.78, 5) is 13.3. The SMILES string of the molecule is COCCN(c1sc([C@H](C)O)cc1[N+](=O)[O-])C(C)C. The molecule has 0 aliphatic rings. The van der Waals surface area contributed by atoms with Gasteiger partial charge in [0.1, 0.15) is 0 Å². The highest BCUT2D eigenvalue weighted by Crippen LogP contribution is 2.40. The molecule has 0 aliphatic heterocycles. The van der Waals surface area contributed by atoms with Crippen LogP contribution < -0.4 is 4.90 Å². The van der Waals surface area contributed by atoms with Crippen molar-refractivity contribution < 1.29 is 14.8 Å². The molecule has 0 aliphatic carbocycles. The molecular weight excluding hydrogens is 268 g/mol. The number of aliphatic hydroxyl groups excluding tert-OH is 1. The first-order valence-electron chi connectivity index (χ1n) is 6.10. The van der Waals surface area contributed by atoms with E-state index in [1.807, 2.05) is 18.7 Å². The molecule has 108 valence electrons. The third-order valence-corrected chi connectivity index (χ3v) is 4.07. The minimum atomic E-state index is -0.700. The Hall–Kier alpha value is -1.18. The summed E-state index contributed by atoms with van der Waals surface area (Å²) >= 11 is 1.26. The fraction of sp³-hybridized carbons (Fsp3) is 0.667. The maximum Gasteiger partial charge on any atom is 0.304 e. The van der Waals surface area contributed by atoms with Crippen molar-refractivity contribution in [3.63, 3.8) is 0 Å². The summed E-state index contributed by atoms with van der Waals surface area (Å²) in [5.74, 6) is 0. The summed E-state index contributed by atoms with van der Waals surface area (Å²) in [6.45, 7) is 6.63. The number of ether oxygens (including phenoxy) is 1. The molecule has 1 N–H and O–H groups in total. The summed E-state index contributed by atoms with van der Waals surface area (Å²) in [7, 11) is 1.60. The maximum atomic E-state index is 11.1. The van der Waals surface area contributed by atoms with Gasteiger partial charge in [-0.25, -0.2) is 0 Å². The number of rotatable bonds is 7. The van der Waals surface area contributed by atoms with Gasteiger partial charge in [0, 0.05) is 30.6 Å². The first kappa shape index (κ1) is 15.9. The average Bonchev–Trinajstić information content (AvgIpc) is 2.74. The van der Waals surface area contributed by atoms with Crippen molar-refractivity contribution in [3.05, 3.63) is 21.1 Å². The molecule has 1 aromatic rings. The first-order chi connectivity index (χ1) is 8.88. The Morgan fingerprint density at radius 3 is 2.58 bits per heavy atom. The molecule has 1 atom stereocenters. The van der Waals surface area contributed by atoms with Crippen molar-refractivity contribution in [2.24, 2.45) is 0 Å². The lowest BCUT2D eigenvalue weighted by Crippen LogP contribution is -2.33. The highest BCUT2D eigenvalue weighted by Gasteiger charge is 2.26. The zero-order chi connectivity index (χ0) is 14.6. The van der Waals surface area contributed by atoms with Crippen LogP contribution in [-0.4, -0.2) is 36.3 Å². The Labute approximate surface area is 116 Å². The molecule has 6 nitrogen and oxygen atoms in total. The Bertz CT molecular complexity index is 431. The molecule has 0 saturated carbocycles. The van der Waals surface area contributed by atoms with Crippen LogP contribution in [0.3, 0.4) is 0 Å². The molecule has 1 heterocycles. The molecule has 0 bridgehead atoms. The van der Waals surface area contributed by atoms with E-state index >= 15 is 0 Å². The van der Waals surface area contributed by atoms with Crippen LogP contribution in [0.4, 0.5) is 10.7 Å². The van der Waals surface area contributed by atoms with E-state index in [4.69, 9.17) is 4.74 Å². The molecule has 7 heteroatoms. The number of hydrogen-bond acceptors (Lipinski definition) is 6. The van der Waals surface area contributed by atoms with Crippen LogP contribution in [0, 0.1) is 10.1 Å². The van der Waals surface area contributed by atoms with Gasteiger partial charge in [0.25, 0.3) is 0 Å². The van der Waals surface area contributed by atoms with Crippen LogP contribution in [0.15, 0.2) is 6.07 Å². The number of methoxy groups -OCH3 is 1. The molecule has 19 heavy (non-hydrogen) atoms. The van der Waals surface area contributed by atoms with E-state index in [0.29, 0.717) is 23.0 Å². The quantitative estimate of drug-likeness (QED) is 0.616. The predicted molar refractivity (Wildman–Crippen MR) is 76.0 cm³/mol. The van der Waals surface area contributed by atoms with E-state index in [-0.39, 0.29) is 11.7 Å². The summed E-state index contributed by atoms with van der Waals surface area (Å²) in [6, 6.07) is 1.57. The molecule has 1 aromatic heterocycles. The lowest BCUT2D eigenvalue weighted by Gasteiger charge is -2.26. The van der Waals surface area contributed by atoms with E-state index in [0.717, 1.165) is 0 Å². The summed E-state index contributed by atoms with van der Waals surface area (Å²) < 4.78 is 5.04. The zero-order valence-corrected chi connectivity index (χ0v) is 12.4. The predicted octanol–water partition coefficient (Wildman–Crippen LogP) is 2.57. The highest BCUT2D eigenvalue weighted by atomic mass is 32.1. The molecule has 1 rings (SSSR count). The number of thiophene rings is 1. The number of nitrogens with zero attached hydrogens (tertiary/aromatic N) is 2. The summed E-state index contributed by atoms with van der Waals surface area (Å²) in [6.07, 6.45) is -0.700. The number of hydrogen-bond donors (Lipinski definition) is 1. The van der Waals surface area contributed by atoms with E-state index in [9.17, 15) is 15.2 Å². The van der Waals surface area contributed by atoms with Crippen LogP contribution >= 0.6 is 11.3 Å². The number of aliphatic hydroxyl groups is 1. The van der Waals surface area contributed by atoms with Crippen molar-refractivity contribution in [2.45, 2.75) is 32.9 Å². The third-order valence-electron chi connectivity index (χ3n) is 2.74. The zero-order valence-electron chi connectivity index (χ0n) is 11.6. The lowest BCUT2D eigenvalue weighted by molar-refractivity contribution is -0.383. The topological polar surface area (TPSA) is 75.8 Å².